The van der Waals surface area contributed by atoms with Gasteiger partial charge < -0.3 is 0 Å². The average molecular weight is 344 g/mol. The molecule has 4 rings (SSSR count). The number of pyridine rings is 2. The van der Waals surface area contributed by atoms with E-state index in [1.165, 1.54) is 12.1 Å². The second kappa shape index (κ2) is 6.52. The molecule has 4 aromatic rings. The summed E-state index contributed by atoms with van der Waals surface area (Å²) in [5.41, 5.74) is 2.03. The maximum atomic E-state index is 10.7. The summed E-state index contributed by atoms with van der Waals surface area (Å²) in [5.74, 6) is 1.11. The van der Waals surface area contributed by atoms with Crippen molar-refractivity contribution in [2.24, 2.45) is 10.2 Å². The number of hydrogen-bond donors (Lipinski definition) is 0. The lowest BCUT2D eigenvalue weighted by Crippen LogP contribution is -1.90. The molecule has 26 heavy (non-hydrogen) atoms. The van der Waals surface area contributed by atoms with Crippen LogP contribution in [0.3, 0.4) is 0 Å². The van der Waals surface area contributed by atoms with E-state index < -0.39 is 4.92 Å². The van der Waals surface area contributed by atoms with Crippen molar-refractivity contribution in [3.8, 4) is 11.5 Å². The zero-order chi connectivity index (χ0) is 17.9. The van der Waals surface area contributed by atoms with Crippen LogP contribution in [0.4, 0.5) is 17.2 Å². The smallest absolute Gasteiger partial charge is 0.269 e. The molecule has 3 heterocycles. The van der Waals surface area contributed by atoms with Crippen LogP contribution in [0.1, 0.15) is 0 Å². The van der Waals surface area contributed by atoms with Gasteiger partial charge in [-0.05, 0) is 36.4 Å². The van der Waals surface area contributed by atoms with E-state index in [1.807, 2.05) is 47.0 Å². The summed E-state index contributed by atoms with van der Waals surface area (Å²) in [5, 5.41) is 19.1. The zero-order valence-corrected chi connectivity index (χ0v) is 13.4. The quantitative estimate of drug-likeness (QED) is 0.304. The van der Waals surface area contributed by atoms with Gasteiger partial charge in [0.1, 0.15) is 5.69 Å². The molecule has 0 saturated heterocycles. The van der Waals surface area contributed by atoms with Crippen molar-refractivity contribution in [1.82, 2.24) is 14.4 Å². The second-order valence-corrected chi connectivity index (χ2v) is 5.40. The highest BCUT2D eigenvalue weighted by molar-refractivity contribution is 5.71. The van der Waals surface area contributed by atoms with E-state index in [1.54, 1.807) is 18.3 Å². The third kappa shape index (κ3) is 2.91. The molecule has 0 atom stereocenters. The first-order valence-electron chi connectivity index (χ1n) is 7.77. The first kappa shape index (κ1) is 15.6. The van der Waals surface area contributed by atoms with Gasteiger partial charge in [-0.3, -0.25) is 19.5 Å². The molecule has 0 bridgehead atoms. The maximum absolute atomic E-state index is 10.7. The number of benzene rings is 1. The molecule has 8 heteroatoms. The number of nitro benzene ring substituents is 1. The Labute approximate surface area is 147 Å². The van der Waals surface area contributed by atoms with Crippen LogP contribution >= 0.6 is 0 Å². The van der Waals surface area contributed by atoms with Crippen LogP contribution in [0, 0.1) is 10.1 Å². The fraction of sp³-hybridized carbons (Fsp3) is 0. The van der Waals surface area contributed by atoms with Crippen LogP contribution < -0.4 is 0 Å². The number of nitro groups is 1. The molecule has 0 amide bonds. The van der Waals surface area contributed by atoms with E-state index in [2.05, 4.69) is 20.2 Å². The first-order valence-corrected chi connectivity index (χ1v) is 7.77. The van der Waals surface area contributed by atoms with Gasteiger partial charge in [0.25, 0.3) is 5.69 Å². The Hall–Kier alpha value is -3.94. The van der Waals surface area contributed by atoms with Crippen LogP contribution in [0.25, 0.3) is 17.0 Å². The molecule has 8 nitrogen and oxygen atoms in total. The second-order valence-electron chi connectivity index (χ2n) is 5.40. The number of aromatic nitrogens is 3. The molecule has 1 aromatic carbocycles. The topological polar surface area (TPSA) is 98.0 Å². The van der Waals surface area contributed by atoms with Gasteiger partial charge in [-0.1, -0.05) is 12.1 Å². The summed E-state index contributed by atoms with van der Waals surface area (Å²) in [4.78, 5) is 19.1. The maximum Gasteiger partial charge on any atom is 0.269 e. The molecule has 0 unspecified atom stereocenters. The van der Waals surface area contributed by atoms with Crippen LogP contribution in [-0.2, 0) is 0 Å². The van der Waals surface area contributed by atoms with Gasteiger partial charge in [-0.15, -0.1) is 10.2 Å². The van der Waals surface area contributed by atoms with Crippen molar-refractivity contribution < 1.29 is 4.92 Å². The van der Waals surface area contributed by atoms with Crippen molar-refractivity contribution in [3.63, 3.8) is 0 Å². The number of azo groups is 1. The van der Waals surface area contributed by atoms with Crippen LogP contribution in [0.15, 0.2) is 83.3 Å². The van der Waals surface area contributed by atoms with Crippen molar-refractivity contribution >= 4 is 22.7 Å². The molecule has 126 valence electrons. The number of rotatable bonds is 4. The van der Waals surface area contributed by atoms with E-state index in [9.17, 15) is 10.1 Å². The number of nitrogens with zero attached hydrogens (tertiary/aromatic N) is 6. The minimum Gasteiger partial charge on any atom is -0.296 e. The Morgan fingerprint density at radius 3 is 2.50 bits per heavy atom. The number of hydrogen-bond acceptors (Lipinski definition) is 6. The molecule has 3 aromatic heterocycles. The highest BCUT2D eigenvalue weighted by Crippen LogP contribution is 2.28. The molecule has 0 spiro atoms. The van der Waals surface area contributed by atoms with Crippen molar-refractivity contribution in [2.45, 2.75) is 0 Å². The fourth-order valence-electron chi connectivity index (χ4n) is 2.52. The van der Waals surface area contributed by atoms with E-state index in [-0.39, 0.29) is 5.69 Å². The van der Waals surface area contributed by atoms with E-state index in [0.29, 0.717) is 17.3 Å². The first-order chi connectivity index (χ1) is 12.7. The summed E-state index contributed by atoms with van der Waals surface area (Å²) in [7, 11) is 0. The highest BCUT2D eigenvalue weighted by atomic mass is 16.6. The molecule has 0 fully saturated rings. The standard InChI is InChI=1S/C18H12N6O2/c25-24(26)14-9-7-13(8-10-14)21-22-17-16-6-2-4-12-23(16)18(20-17)15-5-1-3-11-19-15/h1-12H. The molecule has 0 aliphatic rings. The highest BCUT2D eigenvalue weighted by Gasteiger charge is 2.12. The van der Waals surface area contributed by atoms with Gasteiger partial charge in [-0.2, -0.15) is 0 Å². The summed E-state index contributed by atoms with van der Waals surface area (Å²) < 4.78 is 1.90. The predicted octanol–water partition coefficient (Wildman–Crippen LogP) is 4.72. The molecule has 0 aliphatic heterocycles. The van der Waals surface area contributed by atoms with Crippen molar-refractivity contribution in [2.75, 3.05) is 0 Å². The summed E-state index contributed by atoms with van der Waals surface area (Å²) in [6.45, 7) is 0. The van der Waals surface area contributed by atoms with Crippen LogP contribution in [0.5, 0.6) is 0 Å². The van der Waals surface area contributed by atoms with Gasteiger partial charge in [0.15, 0.2) is 5.82 Å². The Bertz CT molecular complexity index is 1100. The molecule has 0 aliphatic carbocycles. The van der Waals surface area contributed by atoms with Crippen LogP contribution in [-0.4, -0.2) is 19.3 Å². The summed E-state index contributed by atoms with van der Waals surface area (Å²) in [6, 6.07) is 17.2. The lowest BCUT2D eigenvalue weighted by molar-refractivity contribution is -0.384. The minimum atomic E-state index is -0.455. The lowest BCUT2D eigenvalue weighted by atomic mass is 10.3. The van der Waals surface area contributed by atoms with Gasteiger partial charge in [0.05, 0.1) is 16.1 Å². The Morgan fingerprint density at radius 2 is 1.77 bits per heavy atom. The number of imidazole rings is 1. The Kier molecular flexibility index (Phi) is 3.91. The van der Waals surface area contributed by atoms with Gasteiger partial charge in [0.2, 0.25) is 5.82 Å². The predicted molar refractivity (Wildman–Crippen MR) is 95.7 cm³/mol. The molecule has 0 saturated carbocycles. The number of non-ortho nitro benzene ring substituents is 1. The van der Waals surface area contributed by atoms with Crippen molar-refractivity contribution in [3.05, 3.63) is 83.2 Å². The van der Waals surface area contributed by atoms with Gasteiger partial charge in [-0.25, -0.2) is 4.98 Å². The summed E-state index contributed by atoms with van der Waals surface area (Å²) in [6.07, 6.45) is 3.59. The number of fused-ring (bicyclic) bond motifs is 1. The molecular formula is C18H12N6O2. The largest absolute Gasteiger partial charge is 0.296 e. The minimum absolute atomic E-state index is 0.00818. The molecular weight excluding hydrogens is 332 g/mol. The van der Waals surface area contributed by atoms with E-state index in [4.69, 9.17) is 0 Å². The Balaban J connectivity index is 1.74. The third-order valence-electron chi connectivity index (χ3n) is 3.74. The normalized spacial score (nSPS) is 11.2. The molecule has 0 radical (unpaired) electrons. The van der Waals surface area contributed by atoms with Crippen molar-refractivity contribution in [1.29, 1.82) is 0 Å². The third-order valence-corrected chi connectivity index (χ3v) is 3.74. The lowest BCUT2D eigenvalue weighted by Gasteiger charge is -1.98. The Morgan fingerprint density at radius 1 is 0.962 bits per heavy atom. The van der Waals surface area contributed by atoms with E-state index >= 15 is 0 Å². The van der Waals surface area contributed by atoms with Crippen LogP contribution in [0.2, 0.25) is 0 Å². The molecule has 0 N–H and O–H groups in total. The van der Waals surface area contributed by atoms with E-state index in [0.717, 1.165) is 11.2 Å². The SMILES string of the molecule is O=[N+]([O-])c1ccc(N=Nc2nc(-c3ccccn3)n3ccccc23)cc1. The fourth-order valence-corrected chi connectivity index (χ4v) is 2.52. The summed E-state index contributed by atoms with van der Waals surface area (Å²) >= 11 is 0. The van der Waals surface area contributed by atoms with Gasteiger partial charge in [0, 0.05) is 24.5 Å². The monoisotopic (exact) mass is 344 g/mol. The average Bonchev–Trinajstić information content (AvgIpc) is 3.06. The zero-order valence-electron chi connectivity index (χ0n) is 13.4. The van der Waals surface area contributed by atoms with Gasteiger partial charge >= 0.3 is 0 Å².